The van der Waals surface area contributed by atoms with Crippen molar-refractivity contribution in [3.8, 4) is 0 Å². The highest BCUT2D eigenvalue weighted by atomic mass is 16.4. The zero-order valence-corrected chi connectivity index (χ0v) is 18.2. The largest absolute Gasteiger partial charge is 0.481 e. The molecular formula is C27H24N2O4. The van der Waals surface area contributed by atoms with E-state index in [2.05, 4.69) is 4.98 Å². The molecule has 4 saturated carbocycles. The van der Waals surface area contributed by atoms with Crippen LogP contribution in [0.15, 0.2) is 59.1 Å². The second-order valence-corrected chi connectivity index (χ2v) is 10.5. The van der Waals surface area contributed by atoms with Crippen molar-refractivity contribution in [3.63, 3.8) is 0 Å². The van der Waals surface area contributed by atoms with E-state index in [4.69, 9.17) is 4.42 Å². The number of hydrogen-bond donors (Lipinski definition) is 1. The van der Waals surface area contributed by atoms with E-state index in [1.165, 1.54) is 0 Å². The molecule has 0 spiro atoms. The molecule has 2 bridgehead atoms. The van der Waals surface area contributed by atoms with E-state index in [0.29, 0.717) is 18.9 Å². The molecule has 6 nitrogen and oxygen atoms in total. The van der Waals surface area contributed by atoms with E-state index >= 15 is 0 Å². The van der Waals surface area contributed by atoms with Crippen LogP contribution < -0.4 is 0 Å². The molecule has 1 N–H and O–H groups in total. The molecule has 0 atom stereocenters. The molecule has 6 heteroatoms. The lowest BCUT2D eigenvalue weighted by molar-refractivity contribution is -0.248. The van der Waals surface area contributed by atoms with Crippen molar-refractivity contribution in [1.29, 1.82) is 0 Å². The van der Waals surface area contributed by atoms with Crippen LogP contribution in [-0.4, -0.2) is 26.4 Å². The van der Waals surface area contributed by atoms with Crippen molar-refractivity contribution in [3.05, 3.63) is 66.2 Å². The number of ketones is 1. The van der Waals surface area contributed by atoms with Crippen molar-refractivity contribution in [1.82, 2.24) is 9.55 Å². The first kappa shape index (κ1) is 19.1. The van der Waals surface area contributed by atoms with E-state index in [0.717, 1.165) is 59.7 Å². The minimum Gasteiger partial charge on any atom is -0.481 e. The number of carboxylic acid groups (broad SMARTS) is 1. The fourth-order valence-electron chi connectivity index (χ4n) is 6.78. The smallest absolute Gasteiger partial charge is 0.309 e. The van der Waals surface area contributed by atoms with Gasteiger partial charge in [-0.2, -0.15) is 0 Å². The van der Waals surface area contributed by atoms with Crippen molar-refractivity contribution in [2.45, 2.75) is 45.1 Å². The Morgan fingerprint density at radius 3 is 2.55 bits per heavy atom. The molecule has 4 aromatic rings. The van der Waals surface area contributed by atoms with Gasteiger partial charge in [0.15, 0.2) is 11.4 Å². The zero-order chi connectivity index (χ0) is 22.4. The first-order valence-electron chi connectivity index (χ1n) is 11.6. The minimum atomic E-state index is -0.659. The number of rotatable bonds is 7. The van der Waals surface area contributed by atoms with Crippen LogP contribution in [0.4, 0.5) is 0 Å². The molecule has 4 aliphatic rings. The van der Waals surface area contributed by atoms with Crippen LogP contribution in [0.25, 0.3) is 22.0 Å². The zero-order valence-electron chi connectivity index (χ0n) is 18.2. The Hall–Kier alpha value is -3.41. The van der Waals surface area contributed by atoms with Crippen molar-refractivity contribution in [2.75, 3.05) is 0 Å². The SMILES string of the molecule is O=C(CC1(C23CC(C(=O)O)(C2)C3)CC1)c1cccc2ccn(Cc3nc4ccccc4o3)c12. The molecule has 8 rings (SSSR count). The van der Waals surface area contributed by atoms with Gasteiger partial charge in [0.1, 0.15) is 5.52 Å². The summed E-state index contributed by atoms with van der Waals surface area (Å²) < 4.78 is 7.97. The number of fused-ring (bicyclic) bond motifs is 2. The number of carboxylic acids is 1. The van der Waals surface area contributed by atoms with Crippen LogP contribution in [0.3, 0.4) is 0 Å². The third kappa shape index (κ3) is 2.52. The van der Waals surface area contributed by atoms with E-state index < -0.39 is 11.4 Å². The molecule has 0 unspecified atom stereocenters. The first-order valence-corrected chi connectivity index (χ1v) is 11.6. The van der Waals surface area contributed by atoms with Crippen LogP contribution in [0.5, 0.6) is 0 Å². The Balaban J connectivity index is 1.18. The fourth-order valence-corrected chi connectivity index (χ4v) is 6.78. The topological polar surface area (TPSA) is 85.3 Å². The van der Waals surface area contributed by atoms with Crippen molar-refractivity contribution >= 4 is 33.8 Å². The Kier molecular flexibility index (Phi) is 3.55. The van der Waals surface area contributed by atoms with Gasteiger partial charge in [-0.05, 0) is 67.2 Å². The van der Waals surface area contributed by atoms with Gasteiger partial charge >= 0.3 is 5.97 Å². The number of hydrogen-bond acceptors (Lipinski definition) is 4. The molecule has 2 aromatic heterocycles. The summed E-state index contributed by atoms with van der Waals surface area (Å²) in [7, 11) is 0. The van der Waals surface area contributed by atoms with Crippen LogP contribution in [-0.2, 0) is 11.3 Å². The molecule has 33 heavy (non-hydrogen) atoms. The van der Waals surface area contributed by atoms with Gasteiger partial charge in [0.25, 0.3) is 0 Å². The Morgan fingerprint density at radius 1 is 1.03 bits per heavy atom. The Labute approximate surface area is 190 Å². The number of carbonyl (C=O) groups excluding carboxylic acids is 1. The molecule has 0 radical (unpaired) electrons. The highest BCUT2D eigenvalue weighted by molar-refractivity contribution is 6.07. The van der Waals surface area contributed by atoms with Crippen LogP contribution in [0.1, 0.15) is 54.8 Å². The third-order valence-electron chi connectivity index (χ3n) is 8.69. The Morgan fingerprint density at radius 2 is 1.82 bits per heavy atom. The molecule has 0 saturated heterocycles. The highest BCUT2D eigenvalue weighted by Gasteiger charge is 2.80. The van der Waals surface area contributed by atoms with Gasteiger partial charge < -0.3 is 14.1 Å². The maximum absolute atomic E-state index is 13.6. The number of oxazole rings is 1. The average Bonchev–Trinajstić information content (AvgIpc) is 3.19. The number of para-hydroxylation sites is 3. The highest BCUT2D eigenvalue weighted by Crippen LogP contribution is 2.85. The number of aliphatic carboxylic acids is 1. The maximum Gasteiger partial charge on any atom is 0.309 e. The molecule has 166 valence electrons. The third-order valence-corrected chi connectivity index (χ3v) is 8.69. The van der Waals surface area contributed by atoms with Gasteiger partial charge in [-0.3, -0.25) is 9.59 Å². The number of carbonyl (C=O) groups is 2. The number of benzene rings is 2. The molecule has 0 aliphatic heterocycles. The molecule has 0 amide bonds. The summed E-state index contributed by atoms with van der Waals surface area (Å²) in [5, 5.41) is 10.5. The summed E-state index contributed by atoms with van der Waals surface area (Å²) in [5.74, 6) is 0.112. The summed E-state index contributed by atoms with van der Waals surface area (Å²) >= 11 is 0. The van der Waals surface area contributed by atoms with Gasteiger partial charge in [0.2, 0.25) is 5.89 Å². The lowest BCUT2D eigenvalue weighted by Gasteiger charge is -2.72. The number of aromatic nitrogens is 2. The molecule has 2 aromatic carbocycles. The summed E-state index contributed by atoms with van der Waals surface area (Å²) in [6.45, 7) is 0.457. The second kappa shape index (κ2) is 6.13. The van der Waals surface area contributed by atoms with E-state index in [-0.39, 0.29) is 16.6 Å². The van der Waals surface area contributed by atoms with Crippen LogP contribution in [0.2, 0.25) is 0 Å². The standard InChI is InChI=1S/C27H24N2O4/c30-20(12-26(9-10-26)27-14-25(15-27,16-27)24(31)32)18-5-3-4-17-8-11-29(23(17)18)13-22-28-19-6-1-2-7-21(19)33-22/h1-8,11H,9-10,12-16H2,(H,31,32). The lowest BCUT2D eigenvalue weighted by atomic mass is 9.30. The average molecular weight is 440 g/mol. The Bertz CT molecular complexity index is 1420. The number of Topliss-reactive ketones (excluding diaryl/α,β-unsaturated/α-hetero) is 1. The van der Waals surface area contributed by atoms with Gasteiger partial charge in [0, 0.05) is 23.6 Å². The summed E-state index contributed by atoms with van der Waals surface area (Å²) in [6.07, 6.45) is 6.82. The summed E-state index contributed by atoms with van der Waals surface area (Å²) in [5.41, 5.74) is 2.82. The van der Waals surface area contributed by atoms with E-state index in [1.807, 2.05) is 59.3 Å². The predicted octanol–water partition coefficient (Wildman–Crippen LogP) is 5.44. The normalized spacial score (nSPS) is 26.7. The van der Waals surface area contributed by atoms with Gasteiger partial charge in [0.05, 0.1) is 17.5 Å². The number of nitrogens with zero attached hydrogens (tertiary/aromatic N) is 2. The minimum absolute atomic E-state index is 0.00115. The van der Waals surface area contributed by atoms with Crippen molar-refractivity contribution < 1.29 is 19.1 Å². The van der Waals surface area contributed by atoms with E-state index in [9.17, 15) is 14.7 Å². The van der Waals surface area contributed by atoms with Gasteiger partial charge in [-0.25, -0.2) is 4.98 Å². The quantitative estimate of drug-likeness (QED) is 0.387. The predicted molar refractivity (Wildman–Crippen MR) is 122 cm³/mol. The lowest BCUT2D eigenvalue weighted by Crippen LogP contribution is -2.69. The van der Waals surface area contributed by atoms with Gasteiger partial charge in [-0.15, -0.1) is 0 Å². The monoisotopic (exact) mass is 440 g/mol. The van der Waals surface area contributed by atoms with E-state index in [1.54, 1.807) is 0 Å². The maximum atomic E-state index is 13.6. The van der Waals surface area contributed by atoms with Crippen LogP contribution in [0, 0.1) is 16.2 Å². The van der Waals surface area contributed by atoms with Crippen molar-refractivity contribution in [2.24, 2.45) is 16.2 Å². The summed E-state index contributed by atoms with van der Waals surface area (Å²) in [6, 6.07) is 15.6. The molecule has 2 heterocycles. The first-order chi connectivity index (χ1) is 15.9. The molecule has 4 fully saturated rings. The molecule has 4 aliphatic carbocycles. The fraction of sp³-hybridized carbons (Fsp3) is 0.370. The molecular weight excluding hydrogens is 416 g/mol. The second-order valence-electron chi connectivity index (χ2n) is 10.5. The summed E-state index contributed by atoms with van der Waals surface area (Å²) in [4.78, 5) is 29.8. The van der Waals surface area contributed by atoms with Gasteiger partial charge in [-0.1, -0.05) is 24.3 Å². The van der Waals surface area contributed by atoms with Crippen LogP contribution >= 0.6 is 0 Å².